The molecule has 1 fully saturated rings. The van der Waals surface area contributed by atoms with Gasteiger partial charge in [0.2, 0.25) is 10.0 Å². The van der Waals surface area contributed by atoms with Gasteiger partial charge >= 0.3 is 0 Å². The zero-order valence-corrected chi connectivity index (χ0v) is 18.2. The van der Waals surface area contributed by atoms with E-state index >= 15 is 0 Å². The van der Waals surface area contributed by atoms with Crippen molar-refractivity contribution in [2.45, 2.75) is 43.0 Å². The third-order valence-corrected chi connectivity index (χ3v) is 8.07. The van der Waals surface area contributed by atoms with Gasteiger partial charge < -0.3 is 5.32 Å². The Labute approximate surface area is 181 Å². The van der Waals surface area contributed by atoms with Gasteiger partial charge in [0.25, 0.3) is 6.43 Å². The van der Waals surface area contributed by atoms with Gasteiger partial charge in [-0.1, -0.05) is 17.4 Å². The van der Waals surface area contributed by atoms with E-state index in [1.54, 1.807) is 16.7 Å². The van der Waals surface area contributed by atoms with E-state index in [0.717, 1.165) is 48.3 Å². The number of sulfonamides is 1. The van der Waals surface area contributed by atoms with Gasteiger partial charge in [-0.15, -0.1) is 10.2 Å². The van der Waals surface area contributed by atoms with Gasteiger partial charge in [-0.25, -0.2) is 26.9 Å². The fraction of sp³-hybridized carbons (Fsp3) is 0.421. The molecule has 0 saturated heterocycles. The number of pyridine rings is 1. The normalized spacial score (nSPS) is 18.5. The quantitative estimate of drug-likeness (QED) is 0.579. The van der Waals surface area contributed by atoms with Gasteiger partial charge in [-0.05, 0) is 44.4 Å². The number of aromatic nitrogens is 4. The molecular weight excluding hydrogens is 446 g/mol. The van der Waals surface area contributed by atoms with E-state index in [-0.39, 0.29) is 15.7 Å². The van der Waals surface area contributed by atoms with Crippen LogP contribution in [0, 0.1) is 0 Å². The smallest absolute Gasteiger partial charge is 0.291 e. The maximum Gasteiger partial charge on any atom is 0.291 e. The van der Waals surface area contributed by atoms with Gasteiger partial charge in [0.1, 0.15) is 0 Å². The van der Waals surface area contributed by atoms with Crippen molar-refractivity contribution in [1.82, 2.24) is 29.6 Å². The highest BCUT2D eigenvalue weighted by Crippen LogP contribution is 2.37. The average molecular weight is 467 g/mol. The van der Waals surface area contributed by atoms with E-state index in [1.165, 1.54) is 6.20 Å². The summed E-state index contributed by atoms with van der Waals surface area (Å²) in [5.74, 6) is 0.282. The van der Waals surface area contributed by atoms with Crippen molar-refractivity contribution >= 4 is 32.4 Å². The third-order valence-electron chi connectivity index (χ3n) is 5.54. The summed E-state index contributed by atoms with van der Waals surface area (Å²) in [6.45, 7) is 3.33. The second-order valence-electron chi connectivity index (χ2n) is 8.02. The molecule has 0 unspecified atom stereocenters. The molecule has 0 atom stereocenters. The van der Waals surface area contributed by atoms with Gasteiger partial charge in [0.05, 0.1) is 16.6 Å². The molecular formula is C19H20F2N6O2S2. The predicted octanol–water partition coefficient (Wildman–Crippen LogP) is 3.00. The lowest BCUT2D eigenvalue weighted by molar-refractivity contribution is 0.150. The first-order chi connectivity index (χ1) is 14.8. The number of alkyl halides is 2. The van der Waals surface area contributed by atoms with Crippen LogP contribution in [0.25, 0.3) is 21.9 Å². The van der Waals surface area contributed by atoms with E-state index in [9.17, 15) is 17.2 Å². The molecule has 0 radical (unpaired) electrons. The average Bonchev–Trinajstić information content (AvgIpc) is 3.13. The number of halogens is 2. The fourth-order valence-corrected chi connectivity index (χ4v) is 5.77. The summed E-state index contributed by atoms with van der Waals surface area (Å²) in [6, 6.07) is 1.66. The van der Waals surface area contributed by atoms with E-state index in [0.29, 0.717) is 12.1 Å². The highest BCUT2D eigenvalue weighted by Gasteiger charge is 2.41. The van der Waals surface area contributed by atoms with Crippen LogP contribution in [0.4, 0.5) is 8.78 Å². The van der Waals surface area contributed by atoms with Crippen LogP contribution in [0.3, 0.4) is 0 Å². The molecule has 2 N–H and O–H groups in total. The van der Waals surface area contributed by atoms with Crippen molar-refractivity contribution in [3.63, 3.8) is 0 Å². The van der Waals surface area contributed by atoms with Crippen molar-refractivity contribution in [1.29, 1.82) is 0 Å². The van der Waals surface area contributed by atoms with Crippen LogP contribution in [0.5, 0.6) is 0 Å². The first-order valence-electron chi connectivity index (χ1n) is 9.83. The van der Waals surface area contributed by atoms with Crippen LogP contribution in [-0.4, -0.2) is 46.6 Å². The number of hydrogen-bond acceptors (Lipinski definition) is 7. The summed E-state index contributed by atoms with van der Waals surface area (Å²) in [5.41, 5.74) is 2.03. The standard InChI is InChI=1S/C19H20F2N6O2S2/c1-19(4-5-19)26-31(28,29)12-8-13(11-2-6-22-7-3-11)14-9-23-16(27(14)10-12)18-25-24-17(30-18)15(20)21/h2,8-10,15,22,26H,3-7H2,1H3. The molecule has 1 aliphatic carbocycles. The largest absolute Gasteiger partial charge is 0.313 e. The minimum atomic E-state index is -3.79. The van der Waals surface area contributed by atoms with Crippen molar-refractivity contribution < 1.29 is 17.2 Å². The molecule has 1 aliphatic heterocycles. The Morgan fingerprint density at radius 3 is 2.77 bits per heavy atom. The zero-order valence-electron chi connectivity index (χ0n) is 16.6. The molecule has 1 saturated carbocycles. The molecule has 4 heterocycles. The SMILES string of the molecule is CC1(NS(=O)(=O)c2cc(C3=CCNCC3)c3cnc(-c4nnc(C(F)F)s4)n3c2)CC1. The Hall–Kier alpha value is -2.28. The summed E-state index contributed by atoms with van der Waals surface area (Å²) in [6.07, 6.45) is 4.69. The van der Waals surface area contributed by atoms with Crippen LogP contribution in [-0.2, 0) is 10.0 Å². The van der Waals surface area contributed by atoms with Crippen LogP contribution in [0.15, 0.2) is 29.4 Å². The Balaban J connectivity index is 1.69. The van der Waals surface area contributed by atoms with Gasteiger partial charge in [0, 0.05) is 23.8 Å². The Morgan fingerprint density at radius 1 is 1.32 bits per heavy atom. The van der Waals surface area contributed by atoms with Crippen LogP contribution < -0.4 is 10.0 Å². The van der Waals surface area contributed by atoms with Crippen molar-refractivity contribution in [2.24, 2.45) is 0 Å². The minimum absolute atomic E-state index is 0.0976. The molecule has 8 nitrogen and oxygen atoms in total. The molecule has 3 aromatic heterocycles. The van der Waals surface area contributed by atoms with E-state index in [2.05, 4.69) is 25.2 Å². The first-order valence-corrected chi connectivity index (χ1v) is 12.1. The lowest BCUT2D eigenvalue weighted by atomic mass is 10.0. The topological polar surface area (TPSA) is 101 Å². The second kappa shape index (κ2) is 7.40. The fourth-order valence-electron chi connectivity index (χ4n) is 3.59. The Bertz CT molecular complexity index is 1290. The highest BCUT2D eigenvalue weighted by molar-refractivity contribution is 7.89. The lowest BCUT2D eigenvalue weighted by Crippen LogP contribution is -2.34. The molecule has 3 aromatic rings. The third kappa shape index (κ3) is 3.88. The maximum atomic E-state index is 13.1. The van der Waals surface area contributed by atoms with E-state index in [4.69, 9.17) is 0 Å². The monoisotopic (exact) mass is 466 g/mol. The molecule has 0 bridgehead atoms. The molecule has 0 spiro atoms. The van der Waals surface area contributed by atoms with Gasteiger partial charge in [-0.3, -0.25) is 4.40 Å². The highest BCUT2D eigenvalue weighted by atomic mass is 32.2. The van der Waals surface area contributed by atoms with Crippen molar-refractivity contribution in [3.05, 3.63) is 35.1 Å². The Morgan fingerprint density at radius 2 is 2.13 bits per heavy atom. The van der Waals surface area contributed by atoms with E-state index in [1.807, 2.05) is 13.0 Å². The van der Waals surface area contributed by atoms with Gasteiger partial charge in [0.15, 0.2) is 15.8 Å². The molecule has 5 rings (SSSR count). The maximum absolute atomic E-state index is 13.1. The van der Waals surface area contributed by atoms with Crippen LogP contribution >= 0.6 is 11.3 Å². The summed E-state index contributed by atoms with van der Waals surface area (Å²) in [5, 5.41) is 10.4. The first kappa shape index (κ1) is 20.6. The summed E-state index contributed by atoms with van der Waals surface area (Å²) in [7, 11) is -3.79. The van der Waals surface area contributed by atoms with E-state index < -0.39 is 27.0 Å². The summed E-state index contributed by atoms with van der Waals surface area (Å²) < 4.78 is 56.6. The molecule has 0 aromatic carbocycles. The molecule has 12 heteroatoms. The van der Waals surface area contributed by atoms with Crippen molar-refractivity contribution in [3.8, 4) is 10.8 Å². The number of hydrogen-bond donors (Lipinski definition) is 2. The minimum Gasteiger partial charge on any atom is -0.313 e. The number of nitrogens with zero attached hydrogens (tertiary/aromatic N) is 4. The number of fused-ring (bicyclic) bond motifs is 1. The number of rotatable bonds is 6. The van der Waals surface area contributed by atoms with Gasteiger partial charge in [-0.2, -0.15) is 0 Å². The zero-order chi connectivity index (χ0) is 21.8. The summed E-state index contributed by atoms with van der Waals surface area (Å²) in [4.78, 5) is 4.47. The second-order valence-corrected chi connectivity index (χ2v) is 10.7. The lowest BCUT2D eigenvalue weighted by Gasteiger charge is -2.18. The van der Waals surface area contributed by atoms with Crippen LogP contribution in [0.1, 0.15) is 43.2 Å². The van der Waals surface area contributed by atoms with Crippen molar-refractivity contribution in [2.75, 3.05) is 13.1 Å². The Kier molecular flexibility index (Phi) is 4.92. The number of imidazole rings is 1. The molecule has 164 valence electrons. The van der Waals surface area contributed by atoms with Crippen LogP contribution in [0.2, 0.25) is 0 Å². The molecule has 2 aliphatic rings. The molecule has 0 amide bonds. The predicted molar refractivity (Wildman–Crippen MR) is 112 cm³/mol. The molecule has 31 heavy (non-hydrogen) atoms. The number of nitrogens with one attached hydrogen (secondary N) is 2. The summed E-state index contributed by atoms with van der Waals surface area (Å²) >= 11 is 0.743.